The highest BCUT2D eigenvalue weighted by molar-refractivity contribution is 7.72. The van der Waals surface area contributed by atoms with Crippen molar-refractivity contribution in [2.45, 2.75) is 25.9 Å². The van der Waals surface area contributed by atoms with Crippen molar-refractivity contribution in [1.29, 1.82) is 0 Å². The molecule has 2 nitrogen and oxygen atoms in total. The summed E-state index contributed by atoms with van der Waals surface area (Å²) in [6.07, 6.45) is 3.05. The van der Waals surface area contributed by atoms with E-state index in [-0.39, 0.29) is 5.66 Å². The molecular weight excluding hydrogens is 301 g/mol. The van der Waals surface area contributed by atoms with Gasteiger partial charge in [-0.05, 0) is 17.5 Å². The van der Waals surface area contributed by atoms with Crippen LogP contribution in [0.1, 0.15) is 37.1 Å². The second-order valence-corrected chi connectivity index (χ2v) is 8.80. The molecule has 0 spiro atoms. The quantitative estimate of drug-likeness (QED) is 0.648. The topological polar surface area (TPSA) is 20.3 Å². The van der Waals surface area contributed by atoms with Crippen LogP contribution in [0.2, 0.25) is 0 Å². The maximum absolute atomic E-state index is 14.3. The minimum absolute atomic E-state index is 0.0683. The third-order valence-corrected chi connectivity index (χ3v) is 8.60. The van der Waals surface area contributed by atoms with Crippen molar-refractivity contribution in [3.8, 4) is 0 Å². The first-order valence-electron chi connectivity index (χ1n) is 8.38. The van der Waals surface area contributed by atoms with Crippen LogP contribution in [0.4, 0.5) is 0 Å². The van der Waals surface area contributed by atoms with Gasteiger partial charge in [-0.25, -0.2) is 4.67 Å². The molecule has 0 radical (unpaired) electrons. The van der Waals surface area contributed by atoms with Gasteiger partial charge in [0.1, 0.15) is 0 Å². The highest BCUT2D eigenvalue weighted by Crippen LogP contribution is 2.75. The molecule has 0 saturated heterocycles. The number of rotatable bonds is 5. The summed E-state index contributed by atoms with van der Waals surface area (Å²) < 4.78 is 16.5. The zero-order valence-corrected chi connectivity index (χ0v) is 14.7. The Labute approximate surface area is 139 Å². The molecule has 0 bridgehead atoms. The summed E-state index contributed by atoms with van der Waals surface area (Å²) in [4.78, 5) is 0. The number of allylic oxidation sites excluding steroid dienone is 1. The van der Waals surface area contributed by atoms with Crippen molar-refractivity contribution in [1.82, 2.24) is 4.67 Å². The highest BCUT2D eigenvalue weighted by atomic mass is 31.2. The predicted molar refractivity (Wildman–Crippen MR) is 98.7 cm³/mol. The fraction of sp³-hybridized carbons (Fsp3) is 0.300. The molecule has 3 heteroatoms. The first-order chi connectivity index (χ1) is 11.2. The molecule has 0 unspecified atom stereocenters. The van der Waals surface area contributed by atoms with Crippen LogP contribution in [0, 0.1) is 0 Å². The Morgan fingerprint density at radius 1 is 0.957 bits per heavy atom. The van der Waals surface area contributed by atoms with E-state index < -0.39 is 7.29 Å². The fourth-order valence-corrected chi connectivity index (χ4v) is 7.31. The van der Waals surface area contributed by atoms with Gasteiger partial charge in [-0.2, -0.15) is 0 Å². The van der Waals surface area contributed by atoms with Crippen LogP contribution in [-0.2, 0) is 4.57 Å². The first kappa shape index (κ1) is 16.2. The maximum atomic E-state index is 14.3. The van der Waals surface area contributed by atoms with Crippen LogP contribution in [0.3, 0.4) is 0 Å². The van der Waals surface area contributed by atoms with Gasteiger partial charge in [0.15, 0.2) is 7.29 Å². The van der Waals surface area contributed by atoms with Crippen molar-refractivity contribution in [2.75, 3.05) is 13.1 Å². The lowest BCUT2D eigenvalue weighted by atomic mass is 10.1. The molecule has 2 atom stereocenters. The lowest BCUT2D eigenvalue weighted by Crippen LogP contribution is -2.22. The van der Waals surface area contributed by atoms with E-state index in [0.29, 0.717) is 0 Å². The molecule has 0 N–H and O–H groups in total. The Morgan fingerprint density at radius 2 is 1.52 bits per heavy atom. The van der Waals surface area contributed by atoms with E-state index >= 15 is 0 Å². The third kappa shape index (κ3) is 2.82. The van der Waals surface area contributed by atoms with Crippen molar-refractivity contribution < 1.29 is 4.57 Å². The van der Waals surface area contributed by atoms with Crippen LogP contribution < -0.4 is 0 Å². The maximum Gasteiger partial charge on any atom is 0.186 e. The second kappa shape index (κ2) is 6.86. The van der Waals surface area contributed by atoms with E-state index in [1.165, 1.54) is 5.56 Å². The second-order valence-electron chi connectivity index (χ2n) is 5.88. The standard InChI is InChI=1S/C20H24NOP/c1-3-21(4-2)23(22)19(17-11-7-5-8-12-17)15-16-20(23)18-13-9-6-10-14-18/h5-15,20H,3-4,16H2,1-2H3/t20-,23-/m1/s1. The summed E-state index contributed by atoms with van der Waals surface area (Å²) in [5.41, 5.74) is 2.35. The van der Waals surface area contributed by atoms with Gasteiger partial charge in [-0.15, -0.1) is 0 Å². The highest BCUT2D eigenvalue weighted by Gasteiger charge is 2.45. The molecule has 0 amide bonds. The molecular formula is C20H24NOP. The Bertz CT molecular complexity index is 720. The molecule has 1 heterocycles. The smallest absolute Gasteiger partial charge is 0.186 e. The van der Waals surface area contributed by atoms with Crippen molar-refractivity contribution in [3.05, 3.63) is 77.9 Å². The molecule has 2 aromatic carbocycles. The SMILES string of the molecule is CCN(CC)[P@@]1(=O)C(c2ccccc2)=CC[C@@H]1c1ccccc1. The van der Waals surface area contributed by atoms with E-state index in [0.717, 1.165) is 30.4 Å². The van der Waals surface area contributed by atoms with E-state index in [1.54, 1.807) is 0 Å². The Kier molecular flexibility index (Phi) is 4.84. The van der Waals surface area contributed by atoms with E-state index in [4.69, 9.17) is 0 Å². The first-order valence-corrected chi connectivity index (χ1v) is 10.1. The molecule has 1 aliphatic rings. The molecule has 0 fully saturated rings. The molecule has 120 valence electrons. The molecule has 1 aliphatic heterocycles. The number of hydrogen-bond acceptors (Lipinski definition) is 1. The predicted octanol–water partition coefficient (Wildman–Crippen LogP) is 5.79. The van der Waals surface area contributed by atoms with Gasteiger partial charge in [-0.1, -0.05) is 80.6 Å². The van der Waals surface area contributed by atoms with E-state index in [2.05, 4.69) is 48.9 Å². The average Bonchev–Trinajstić information content (AvgIpc) is 2.95. The molecule has 23 heavy (non-hydrogen) atoms. The molecule has 0 aromatic heterocycles. The zero-order chi connectivity index (χ0) is 16.3. The van der Waals surface area contributed by atoms with Gasteiger partial charge in [-0.3, -0.25) is 0 Å². The number of nitrogens with zero attached hydrogens (tertiary/aromatic N) is 1. The van der Waals surface area contributed by atoms with Gasteiger partial charge < -0.3 is 4.57 Å². The van der Waals surface area contributed by atoms with Gasteiger partial charge in [0.25, 0.3) is 0 Å². The third-order valence-electron chi connectivity index (χ3n) is 4.71. The summed E-state index contributed by atoms with van der Waals surface area (Å²) in [5, 5.41) is 1.04. The Hall–Kier alpha value is -1.63. The van der Waals surface area contributed by atoms with Gasteiger partial charge >= 0.3 is 0 Å². The Balaban J connectivity index is 2.10. The minimum atomic E-state index is -2.65. The van der Waals surface area contributed by atoms with Gasteiger partial charge in [0.2, 0.25) is 0 Å². The number of hydrogen-bond donors (Lipinski definition) is 0. The fourth-order valence-electron chi connectivity index (χ4n) is 3.58. The lowest BCUT2D eigenvalue weighted by molar-refractivity contribution is 0.444. The molecule has 0 saturated carbocycles. The summed E-state index contributed by atoms with van der Waals surface area (Å²) in [6, 6.07) is 20.6. The van der Waals surface area contributed by atoms with Crippen LogP contribution >= 0.6 is 7.29 Å². The van der Waals surface area contributed by atoms with Crippen LogP contribution in [-0.4, -0.2) is 17.8 Å². The molecule has 0 aliphatic carbocycles. The van der Waals surface area contributed by atoms with Gasteiger partial charge in [0, 0.05) is 18.4 Å². The summed E-state index contributed by atoms with van der Waals surface area (Å²) in [6.45, 7) is 5.82. The number of benzene rings is 2. The average molecular weight is 325 g/mol. The van der Waals surface area contributed by atoms with E-state index in [1.807, 2.05) is 36.4 Å². The minimum Gasteiger partial charge on any atom is -0.301 e. The van der Waals surface area contributed by atoms with E-state index in [9.17, 15) is 4.57 Å². The molecule has 3 rings (SSSR count). The van der Waals surface area contributed by atoms with Gasteiger partial charge in [0.05, 0.1) is 5.66 Å². The molecule has 2 aromatic rings. The van der Waals surface area contributed by atoms with Crippen LogP contribution in [0.25, 0.3) is 5.31 Å². The largest absolute Gasteiger partial charge is 0.301 e. The van der Waals surface area contributed by atoms with Crippen molar-refractivity contribution >= 4 is 12.6 Å². The van der Waals surface area contributed by atoms with Crippen LogP contribution in [0.15, 0.2) is 66.7 Å². The zero-order valence-electron chi connectivity index (χ0n) is 13.9. The normalized spacial score (nSPS) is 24.0. The lowest BCUT2D eigenvalue weighted by Gasteiger charge is -2.34. The van der Waals surface area contributed by atoms with Crippen LogP contribution in [0.5, 0.6) is 0 Å². The summed E-state index contributed by atoms with van der Waals surface area (Å²) >= 11 is 0. The van der Waals surface area contributed by atoms with Crippen molar-refractivity contribution in [3.63, 3.8) is 0 Å². The summed E-state index contributed by atoms with van der Waals surface area (Å²) in [7, 11) is -2.65. The summed E-state index contributed by atoms with van der Waals surface area (Å²) in [5.74, 6) is 0. The monoisotopic (exact) mass is 325 g/mol. The Morgan fingerprint density at radius 3 is 2.09 bits per heavy atom. The van der Waals surface area contributed by atoms with Crippen molar-refractivity contribution in [2.24, 2.45) is 0 Å².